The van der Waals surface area contributed by atoms with Crippen molar-refractivity contribution in [3.05, 3.63) is 0 Å². The number of rotatable bonds is 9. The van der Waals surface area contributed by atoms with Crippen molar-refractivity contribution in [2.45, 2.75) is 136 Å². The fraction of sp³-hybridized carbons (Fsp3) is 1.00. The molecular weight excluding hydrogens is 324 g/mol. The lowest BCUT2D eigenvalue weighted by Crippen LogP contribution is -2.30. The summed E-state index contributed by atoms with van der Waals surface area (Å²) < 4.78 is 0. The van der Waals surface area contributed by atoms with Gasteiger partial charge in [-0.05, 0) is 80.5 Å². The quantitative estimate of drug-likeness (QED) is 0.353. The molecule has 3 rings (SSSR count). The Morgan fingerprint density at radius 1 is 0.519 bits per heavy atom. The van der Waals surface area contributed by atoms with Gasteiger partial charge in [0, 0.05) is 0 Å². The van der Waals surface area contributed by atoms with Crippen LogP contribution in [0.5, 0.6) is 0 Å². The molecule has 0 aromatic rings. The molecule has 0 saturated heterocycles. The monoisotopic (exact) mass is 374 g/mol. The standard InChI is InChI=1S/C27H50/c1-3-5-6-7-8-10-23-13-15-24(16-14-23)25-17-19-26(20-18-25)27-12-9-11-22(4-2)21-27/h22-27H,3-21H2,1-2H3/t22-,23-,24-,25?,26?,27+/m0/s1. The SMILES string of the molecule is CCCCCCC[C@H]1CC[C@H](C2CCC([C@@H]3CCC[C@H](CC)C3)CC2)CC1. The molecule has 3 aliphatic rings. The highest BCUT2D eigenvalue weighted by Crippen LogP contribution is 2.46. The van der Waals surface area contributed by atoms with Gasteiger partial charge in [0.1, 0.15) is 0 Å². The smallest absolute Gasteiger partial charge is 0.0383 e. The molecule has 2 atom stereocenters. The summed E-state index contributed by atoms with van der Waals surface area (Å²) in [4.78, 5) is 0. The van der Waals surface area contributed by atoms with Crippen LogP contribution in [0.2, 0.25) is 0 Å². The molecule has 158 valence electrons. The van der Waals surface area contributed by atoms with Crippen LogP contribution in [0.1, 0.15) is 136 Å². The lowest BCUT2D eigenvalue weighted by atomic mass is 9.64. The van der Waals surface area contributed by atoms with Gasteiger partial charge < -0.3 is 0 Å². The minimum Gasteiger partial charge on any atom is -0.0654 e. The molecule has 0 heterocycles. The minimum absolute atomic E-state index is 1.07. The predicted molar refractivity (Wildman–Crippen MR) is 120 cm³/mol. The molecule has 3 fully saturated rings. The second kappa shape index (κ2) is 11.9. The zero-order valence-corrected chi connectivity index (χ0v) is 18.9. The van der Waals surface area contributed by atoms with E-state index in [1.54, 1.807) is 70.6 Å². The second-order valence-corrected chi connectivity index (χ2v) is 10.9. The van der Waals surface area contributed by atoms with Crippen LogP contribution < -0.4 is 0 Å². The maximum Gasteiger partial charge on any atom is -0.0383 e. The zero-order chi connectivity index (χ0) is 18.9. The Morgan fingerprint density at radius 3 is 1.74 bits per heavy atom. The van der Waals surface area contributed by atoms with E-state index >= 15 is 0 Å². The predicted octanol–water partition coefficient (Wildman–Crippen LogP) is 9.18. The van der Waals surface area contributed by atoms with Crippen LogP contribution >= 0.6 is 0 Å². The molecule has 0 spiro atoms. The summed E-state index contributed by atoms with van der Waals surface area (Å²) in [6.07, 6.45) is 29.2. The maximum absolute atomic E-state index is 2.42. The topological polar surface area (TPSA) is 0 Å². The van der Waals surface area contributed by atoms with Crippen molar-refractivity contribution in [3.8, 4) is 0 Å². The number of hydrogen-bond donors (Lipinski definition) is 0. The van der Waals surface area contributed by atoms with Gasteiger partial charge in [0.2, 0.25) is 0 Å². The summed E-state index contributed by atoms with van der Waals surface area (Å²) in [5.41, 5.74) is 0. The molecule has 0 amide bonds. The van der Waals surface area contributed by atoms with Crippen LogP contribution in [0.25, 0.3) is 0 Å². The van der Waals surface area contributed by atoms with Gasteiger partial charge in [0.25, 0.3) is 0 Å². The van der Waals surface area contributed by atoms with Gasteiger partial charge in [0.15, 0.2) is 0 Å². The van der Waals surface area contributed by atoms with Crippen molar-refractivity contribution in [2.24, 2.45) is 35.5 Å². The molecule has 3 saturated carbocycles. The normalized spacial score (nSPS) is 38.0. The van der Waals surface area contributed by atoms with Crippen molar-refractivity contribution in [2.75, 3.05) is 0 Å². The Labute approximate surface area is 171 Å². The van der Waals surface area contributed by atoms with Crippen LogP contribution in [0.15, 0.2) is 0 Å². The third-order valence-electron chi connectivity index (χ3n) is 9.16. The van der Waals surface area contributed by atoms with Crippen LogP contribution in [-0.2, 0) is 0 Å². The molecule has 0 N–H and O–H groups in total. The fourth-order valence-corrected chi connectivity index (χ4v) is 7.20. The van der Waals surface area contributed by atoms with Gasteiger partial charge in [0.05, 0.1) is 0 Å². The Kier molecular flexibility index (Phi) is 9.54. The van der Waals surface area contributed by atoms with Crippen LogP contribution in [0.4, 0.5) is 0 Å². The van der Waals surface area contributed by atoms with Gasteiger partial charge in [-0.3, -0.25) is 0 Å². The zero-order valence-electron chi connectivity index (χ0n) is 18.9. The van der Waals surface area contributed by atoms with E-state index in [1.165, 1.54) is 51.4 Å². The molecule has 0 radical (unpaired) electrons. The Bertz CT molecular complexity index is 369. The van der Waals surface area contributed by atoms with Gasteiger partial charge in [-0.15, -0.1) is 0 Å². The Balaban J connectivity index is 1.30. The first-order chi connectivity index (χ1) is 13.3. The molecule has 0 bridgehead atoms. The van der Waals surface area contributed by atoms with Gasteiger partial charge in [-0.1, -0.05) is 90.9 Å². The van der Waals surface area contributed by atoms with Crippen LogP contribution in [0.3, 0.4) is 0 Å². The van der Waals surface area contributed by atoms with Crippen molar-refractivity contribution < 1.29 is 0 Å². The average Bonchev–Trinajstić information content (AvgIpc) is 2.74. The minimum atomic E-state index is 1.07. The van der Waals surface area contributed by atoms with Crippen LogP contribution in [-0.4, -0.2) is 0 Å². The summed E-state index contributed by atoms with van der Waals surface area (Å²) in [6, 6.07) is 0. The highest BCUT2D eigenvalue weighted by molar-refractivity contribution is 4.86. The third-order valence-corrected chi connectivity index (χ3v) is 9.16. The molecule has 0 aromatic carbocycles. The summed E-state index contributed by atoms with van der Waals surface area (Å²) >= 11 is 0. The molecule has 27 heavy (non-hydrogen) atoms. The van der Waals surface area contributed by atoms with Crippen LogP contribution in [0, 0.1) is 35.5 Å². The average molecular weight is 375 g/mol. The van der Waals surface area contributed by atoms with Crippen molar-refractivity contribution in [3.63, 3.8) is 0 Å². The summed E-state index contributed by atoms with van der Waals surface area (Å²) in [5, 5.41) is 0. The van der Waals surface area contributed by atoms with E-state index in [0.29, 0.717) is 0 Å². The molecule has 0 nitrogen and oxygen atoms in total. The number of unbranched alkanes of at least 4 members (excludes halogenated alkanes) is 4. The summed E-state index contributed by atoms with van der Waals surface area (Å²) in [5.74, 6) is 6.59. The summed E-state index contributed by atoms with van der Waals surface area (Å²) in [7, 11) is 0. The van der Waals surface area contributed by atoms with E-state index in [4.69, 9.17) is 0 Å². The van der Waals surface area contributed by atoms with E-state index in [1.807, 2.05) is 0 Å². The second-order valence-electron chi connectivity index (χ2n) is 10.9. The van der Waals surface area contributed by atoms with Gasteiger partial charge >= 0.3 is 0 Å². The molecule has 0 heteroatoms. The third kappa shape index (κ3) is 6.78. The first-order valence-electron chi connectivity index (χ1n) is 13.3. The van der Waals surface area contributed by atoms with E-state index in [0.717, 1.165) is 35.5 Å². The first-order valence-corrected chi connectivity index (χ1v) is 13.3. The highest BCUT2D eigenvalue weighted by atomic mass is 14.4. The maximum atomic E-state index is 2.42. The van der Waals surface area contributed by atoms with Crippen molar-refractivity contribution in [1.82, 2.24) is 0 Å². The molecule has 0 unspecified atom stereocenters. The highest BCUT2D eigenvalue weighted by Gasteiger charge is 2.34. The van der Waals surface area contributed by atoms with E-state index in [2.05, 4.69) is 13.8 Å². The molecule has 0 aromatic heterocycles. The van der Waals surface area contributed by atoms with Crippen molar-refractivity contribution >= 4 is 0 Å². The molecule has 3 aliphatic carbocycles. The van der Waals surface area contributed by atoms with Gasteiger partial charge in [-0.25, -0.2) is 0 Å². The lowest BCUT2D eigenvalue weighted by Gasteiger charge is -2.41. The van der Waals surface area contributed by atoms with E-state index in [-0.39, 0.29) is 0 Å². The van der Waals surface area contributed by atoms with E-state index in [9.17, 15) is 0 Å². The largest absolute Gasteiger partial charge is 0.0654 e. The van der Waals surface area contributed by atoms with E-state index < -0.39 is 0 Å². The molecular formula is C27H50. The Morgan fingerprint density at radius 2 is 1.11 bits per heavy atom. The summed E-state index contributed by atoms with van der Waals surface area (Å²) in [6.45, 7) is 4.75. The fourth-order valence-electron chi connectivity index (χ4n) is 7.20. The first kappa shape index (κ1) is 21.7. The molecule has 0 aliphatic heterocycles. The van der Waals surface area contributed by atoms with Crippen molar-refractivity contribution in [1.29, 1.82) is 0 Å². The Hall–Kier alpha value is 0. The van der Waals surface area contributed by atoms with Gasteiger partial charge in [-0.2, -0.15) is 0 Å². The number of hydrogen-bond acceptors (Lipinski definition) is 0. The lowest BCUT2D eigenvalue weighted by molar-refractivity contribution is 0.0992.